The number of hydrogen-bond donors (Lipinski definition) is 1. The maximum atomic E-state index is 13.2. The van der Waals surface area contributed by atoms with Gasteiger partial charge in [0.2, 0.25) is 5.95 Å². The first-order chi connectivity index (χ1) is 9.63. The van der Waals surface area contributed by atoms with Crippen molar-refractivity contribution in [1.29, 1.82) is 0 Å². The highest BCUT2D eigenvalue weighted by atomic mass is 19.1. The van der Waals surface area contributed by atoms with Crippen LogP contribution < -0.4 is 10.2 Å². The molecule has 2 aromatic rings. The van der Waals surface area contributed by atoms with Gasteiger partial charge in [-0.1, -0.05) is 6.92 Å². The van der Waals surface area contributed by atoms with Gasteiger partial charge in [0.05, 0.1) is 5.52 Å². The van der Waals surface area contributed by atoms with E-state index in [4.69, 9.17) is 0 Å². The summed E-state index contributed by atoms with van der Waals surface area (Å²) in [6, 6.07) is 5.11. The molecule has 1 aromatic carbocycles. The first-order valence-electron chi connectivity index (χ1n) is 7.04. The summed E-state index contributed by atoms with van der Waals surface area (Å²) >= 11 is 0. The minimum Gasteiger partial charge on any atom is -0.339 e. The summed E-state index contributed by atoms with van der Waals surface area (Å²) in [5.74, 6) is 1.01. The lowest BCUT2D eigenvalue weighted by Crippen LogP contribution is -2.32. The molecule has 20 heavy (non-hydrogen) atoms. The molecule has 0 amide bonds. The van der Waals surface area contributed by atoms with E-state index in [0.29, 0.717) is 12.0 Å². The quantitative estimate of drug-likeness (QED) is 0.865. The summed E-state index contributed by atoms with van der Waals surface area (Å²) in [5.41, 5.74) is 0.786. The molecule has 2 atom stereocenters. The molecule has 1 saturated heterocycles. The Hall–Kier alpha value is -1.75. The standard InChI is InChI=1S/C15H19FN4/c1-10-9-20(6-5-17-11(10)2)15-18-8-12-7-13(16)3-4-14(12)19-15/h3-4,7-8,10-11,17H,5-6,9H2,1-2H3. The third-order valence-corrected chi connectivity index (χ3v) is 4.02. The van der Waals surface area contributed by atoms with Gasteiger partial charge in [-0.15, -0.1) is 0 Å². The first-order valence-corrected chi connectivity index (χ1v) is 7.04. The van der Waals surface area contributed by atoms with E-state index in [9.17, 15) is 4.39 Å². The monoisotopic (exact) mass is 274 g/mol. The number of hydrogen-bond acceptors (Lipinski definition) is 4. The van der Waals surface area contributed by atoms with Crippen LogP contribution in [0.4, 0.5) is 10.3 Å². The van der Waals surface area contributed by atoms with Crippen LogP contribution in [0, 0.1) is 11.7 Å². The number of nitrogens with zero attached hydrogens (tertiary/aromatic N) is 3. The number of nitrogens with one attached hydrogen (secondary N) is 1. The summed E-state index contributed by atoms with van der Waals surface area (Å²) in [6.07, 6.45) is 1.70. The van der Waals surface area contributed by atoms with E-state index in [-0.39, 0.29) is 5.82 Å². The fourth-order valence-corrected chi connectivity index (χ4v) is 2.55. The molecule has 3 rings (SSSR count). The van der Waals surface area contributed by atoms with Gasteiger partial charge >= 0.3 is 0 Å². The summed E-state index contributed by atoms with van der Waals surface area (Å²) in [5, 5.41) is 4.23. The maximum absolute atomic E-state index is 13.2. The molecule has 1 aliphatic heterocycles. The Labute approximate surface area is 118 Å². The van der Waals surface area contributed by atoms with E-state index in [1.165, 1.54) is 12.1 Å². The molecule has 1 aromatic heterocycles. The zero-order chi connectivity index (χ0) is 14.1. The van der Waals surface area contributed by atoms with Gasteiger partial charge in [0, 0.05) is 37.3 Å². The SMILES string of the molecule is CC1CN(c2ncc3cc(F)ccc3n2)CCNC1C. The van der Waals surface area contributed by atoms with Crippen molar-refractivity contribution in [2.24, 2.45) is 5.92 Å². The van der Waals surface area contributed by atoms with E-state index in [2.05, 4.69) is 34.0 Å². The van der Waals surface area contributed by atoms with Gasteiger partial charge in [0.15, 0.2) is 0 Å². The molecule has 1 aliphatic rings. The van der Waals surface area contributed by atoms with E-state index >= 15 is 0 Å². The second kappa shape index (κ2) is 5.32. The minimum absolute atomic E-state index is 0.254. The molecule has 5 heteroatoms. The molecular weight excluding hydrogens is 255 g/mol. The largest absolute Gasteiger partial charge is 0.339 e. The van der Waals surface area contributed by atoms with Crippen LogP contribution in [-0.4, -0.2) is 35.6 Å². The van der Waals surface area contributed by atoms with Crippen molar-refractivity contribution in [3.05, 3.63) is 30.2 Å². The van der Waals surface area contributed by atoms with Crippen LogP contribution in [0.5, 0.6) is 0 Å². The second-order valence-corrected chi connectivity index (χ2v) is 5.54. The Morgan fingerprint density at radius 3 is 3.05 bits per heavy atom. The number of benzene rings is 1. The van der Waals surface area contributed by atoms with Crippen LogP contribution >= 0.6 is 0 Å². The topological polar surface area (TPSA) is 41.1 Å². The first kappa shape index (κ1) is 13.2. The van der Waals surface area contributed by atoms with Crippen LogP contribution in [0.1, 0.15) is 13.8 Å². The van der Waals surface area contributed by atoms with Gasteiger partial charge in [-0.25, -0.2) is 14.4 Å². The Morgan fingerprint density at radius 2 is 2.20 bits per heavy atom. The van der Waals surface area contributed by atoms with Crippen molar-refractivity contribution < 1.29 is 4.39 Å². The molecule has 0 aliphatic carbocycles. The number of halogens is 1. The minimum atomic E-state index is -0.254. The van der Waals surface area contributed by atoms with Crippen LogP contribution in [0.2, 0.25) is 0 Å². The summed E-state index contributed by atoms with van der Waals surface area (Å²) in [7, 11) is 0. The van der Waals surface area contributed by atoms with Crippen molar-refractivity contribution in [1.82, 2.24) is 15.3 Å². The zero-order valence-corrected chi connectivity index (χ0v) is 11.8. The van der Waals surface area contributed by atoms with Gasteiger partial charge in [-0.2, -0.15) is 0 Å². The van der Waals surface area contributed by atoms with Crippen molar-refractivity contribution in [2.45, 2.75) is 19.9 Å². The molecule has 1 N–H and O–H groups in total. The molecule has 0 spiro atoms. The highest BCUT2D eigenvalue weighted by Crippen LogP contribution is 2.18. The lowest BCUT2D eigenvalue weighted by atomic mass is 10.0. The highest BCUT2D eigenvalue weighted by molar-refractivity contribution is 5.78. The third-order valence-electron chi connectivity index (χ3n) is 4.02. The van der Waals surface area contributed by atoms with E-state index in [0.717, 1.165) is 36.5 Å². The normalized spacial score (nSPS) is 23.9. The zero-order valence-electron chi connectivity index (χ0n) is 11.8. The van der Waals surface area contributed by atoms with Gasteiger partial charge < -0.3 is 10.2 Å². The van der Waals surface area contributed by atoms with Crippen molar-refractivity contribution >= 4 is 16.9 Å². The molecule has 0 bridgehead atoms. The van der Waals surface area contributed by atoms with Crippen molar-refractivity contribution in [3.63, 3.8) is 0 Å². The van der Waals surface area contributed by atoms with E-state index in [1.807, 2.05) is 0 Å². The van der Waals surface area contributed by atoms with Crippen LogP contribution in [0.25, 0.3) is 10.9 Å². The Bertz CT molecular complexity index is 616. The number of fused-ring (bicyclic) bond motifs is 1. The van der Waals surface area contributed by atoms with E-state index in [1.54, 1.807) is 12.3 Å². The number of aromatic nitrogens is 2. The molecule has 106 valence electrons. The molecule has 1 fully saturated rings. The number of rotatable bonds is 1. The third kappa shape index (κ3) is 2.58. The van der Waals surface area contributed by atoms with Crippen molar-refractivity contribution in [2.75, 3.05) is 24.5 Å². The summed E-state index contributed by atoms with van der Waals surface area (Å²) in [4.78, 5) is 11.2. The lowest BCUT2D eigenvalue weighted by molar-refractivity contribution is 0.439. The smallest absolute Gasteiger partial charge is 0.225 e. The van der Waals surface area contributed by atoms with Gasteiger partial charge in [-0.3, -0.25) is 0 Å². The Kier molecular flexibility index (Phi) is 3.53. The predicted molar refractivity (Wildman–Crippen MR) is 78.3 cm³/mol. The molecule has 2 heterocycles. The van der Waals surface area contributed by atoms with Gasteiger partial charge in [0.25, 0.3) is 0 Å². The van der Waals surface area contributed by atoms with Gasteiger partial charge in [0.1, 0.15) is 5.82 Å². The lowest BCUT2D eigenvalue weighted by Gasteiger charge is -2.23. The summed E-state index contributed by atoms with van der Waals surface area (Å²) in [6.45, 7) is 7.18. The second-order valence-electron chi connectivity index (χ2n) is 5.54. The van der Waals surface area contributed by atoms with E-state index < -0.39 is 0 Å². The summed E-state index contributed by atoms with van der Waals surface area (Å²) < 4.78 is 13.2. The fraction of sp³-hybridized carbons (Fsp3) is 0.467. The molecule has 0 radical (unpaired) electrons. The van der Waals surface area contributed by atoms with Crippen molar-refractivity contribution in [3.8, 4) is 0 Å². The van der Waals surface area contributed by atoms with Gasteiger partial charge in [-0.05, 0) is 31.0 Å². The average Bonchev–Trinajstić information content (AvgIpc) is 2.61. The fourth-order valence-electron chi connectivity index (χ4n) is 2.55. The number of anilines is 1. The molecule has 0 saturated carbocycles. The highest BCUT2D eigenvalue weighted by Gasteiger charge is 2.21. The average molecular weight is 274 g/mol. The molecular formula is C15H19FN4. The molecule has 2 unspecified atom stereocenters. The Morgan fingerprint density at radius 1 is 1.35 bits per heavy atom. The van der Waals surface area contributed by atoms with Crippen LogP contribution in [0.3, 0.4) is 0 Å². The van der Waals surface area contributed by atoms with Crippen LogP contribution in [-0.2, 0) is 0 Å². The molecule has 4 nitrogen and oxygen atoms in total. The Balaban J connectivity index is 1.91. The predicted octanol–water partition coefficient (Wildman–Crippen LogP) is 2.20. The van der Waals surface area contributed by atoms with Crippen LogP contribution in [0.15, 0.2) is 24.4 Å². The maximum Gasteiger partial charge on any atom is 0.225 e.